The first-order valence-corrected chi connectivity index (χ1v) is 13.1. The molecule has 0 aliphatic heterocycles. The smallest absolute Gasteiger partial charge is 0.253 e. The summed E-state index contributed by atoms with van der Waals surface area (Å²) in [4.78, 5) is 31.6. The number of nitrogens with one attached hydrogen (secondary N) is 1. The Balaban J connectivity index is 0.00000222. The van der Waals surface area contributed by atoms with Crippen LogP contribution >= 0.6 is 34.5 Å². The zero-order chi connectivity index (χ0) is 26.8. The minimum atomic E-state index is -0.254. The molecule has 0 saturated carbocycles. The molecule has 2 aromatic carbocycles. The molecule has 1 amide bonds. The van der Waals surface area contributed by atoms with Crippen molar-refractivity contribution in [1.29, 1.82) is 0 Å². The molecule has 36 heavy (non-hydrogen) atoms. The van der Waals surface area contributed by atoms with E-state index < -0.39 is 0 Å². The average molecular weight is 551 g/mol. The van der Waals surface area contributed by atoms with Crippen molar-refractivity contribution in [3.8, 4) is 11.3 Å². The van der Waals surface area contributed by atoms with Crippen molar-refractivity contribution in [2.24, 2.45) is 11.8 Å². The van der Waals surface area contributed by atoms with Crippen molar-refractivity contribution in [2.45, 2.75) is 26.7 Å². The summed E-state index contributed by atoms with van der Waals surface area (Å²) in [6.45, 7) is 4.79. The molecule has 6 nitrogen and oxygen atoms in total. The summed E-state index contributed by atoms with van der Waals surface area (Å²) in [6.07, 6.45) is 2.38. The number of aromatic nitrogens is 1. The van der Waals surface area contributed by atoms with Gasteiger partial charge in [0, 0.05) is 49.7 Å². The highest BCUT2D eigenvalue weighted by Gasteiger charge is 2.17. The van der Waals surface area contributed by atoms with Gasteiger partial charge >= 0.3 is 0 Å². The first kappa shape index (κ1) is 29.8. The van der Waals surface area contributed by atoms with Gasteiger partial charge in [-0.05, 0) is 48.6 Å². The Morgan fingerprint density at radius 1 is 1.11 bits per heavy atom. The lowest BCUT2D eigenvalue weighted by molar-refractivity contribution is -0.110. The number of hydrogen-bond acceptors (Lipinski definition) is 6. The molecule has 3 rings (SSSR count). The van der Waals surface area contributed by atoms with Gasteiger partial charge in [-0.1, -0.05) is 55.2 Å². The van der Waals surface area contributed by atoms with Crippen molar-refractivity contribution in [3.63, 3.8) is 0 Å². The Morgan fingerprint density at radius 2 is 1.83 bits per heavy atom. The quantitative estimate of drug-likeness (QED) is 0.299. The van der Waals surface area contributed by atoms with Crippen molar-refractivity contribution < 1.29 is 14.7 Å². The first-order valence-electron chi connectivity index (χ1n) is 11.6. The van der Waals surface area contributed by atoms with Gasteiger partial charge in [0.1, 0.15) is 6.29 Å². The molecule has 2 N–H and O–H groups in total. The van der Waals surface area contributed by atoms with E-state index in [0.717, 1.165) is 46.6 Å². The third kappa shape index (κ3) is 8.30. The number of carbonyl (C=O) groups excluding carboxylic acids is 2. The molecule has 3 aromatic rings. The molecule has 1 heterocycles. The number of carbonyl (C=O) groups is 2. The zero-order valence-corrected chi connectivity index (χ0v) is 23.5. The maximum atomic E-state index is 12.3. The Morgan fingerprint density at radius 3 is 2.44 bits per heavy atom. The second-order valence-corrected chi connectivity index (χ2v) is 10.8. The molecule has 0 aliphatic rings. The van der Waals surface area contributed by atoms with Crippen LogP contribution in [0.1, 0.15) is 34.6 Å². The Labute approximate surface area is 227 Å². The van der Waals surface area contributed by atoms with E-state index >= 15 is 0 Å². The average Bonchev–Trinajstić information content (AvgIpc) is 3.26. The maximum absolute atomic E-state index is 12.3. The summed E-state index contributed by atoms with van der Waals surface area (Å²) in [6, 6.07) is 13.0. The van der Waals surface area contributed by atoms with E-state index in [2.05, 4.69) is 19.2 Å². The van der Waals surface area contributed by atoms with Crippen LogP contribution in [0.2, 0.25) is 10.0 Å². The summed E-state index contributed by atoms with van der Waals surface area (Å²) < 4.78 is 0. The Kier molecular flexibility index (Phi) is 11.9. The van der Waals surface area contributed by atoms with Gasteiger partial charge in [-0.25, -0.2) is 4.98 Å². The molecule has 0 fully saturated rings. The number of halogens is 2. The van der Waals surface area contributed by atoms with Gasteiger partial charge in [0.05, 0.1) is 15.7 Å². The van der Waals surface area contributed by atoms with Crippen molar-refractivity contribution >= 4 is 51.9 Å². The predicted molar refractivity (Wildman–Crippen MR) is 150 cm³/mol. The van der Waals surface area contributed by atoms with Crippen LogP contribution in [0.25, 0.3) is 11.3 Å². The number of benzene rings is 2. The highest BCUT2D eigenvalue weighted by Crippen LogP contribution is 2.35. The molecule has 1 aromatic heterocycles. The molecule has 0 aliphatic carbocycles. The minimum Gasteiger partial charge on any atom is -0.400 e. The van der Waals surface area contributed by atoms with Crippen LogP contribution in [0.3, 0.4) is 0 Å². The van der Waals surface area contributed by atoms with Gasteiger partial charge < -0.3 is 20.1 Å². The van der Waals surface area contributed by atoms with Crippen LogP contribution in [0.15, 0.2) is 42.5 Å². The van der Waals surface area contributed by atoms with E-state index in [1.54, 1.807) is 42.5 Å². The van der Waals surface area contributed by atoms with E-state index in [-0.39, 0.29) is 11.8 Å². The predicted octanol–water partition coefficient (Wildman–Crippen LogP) is 6.10. The summed E-state index contributed by atoms with van der Waals surface area (Å²) in [5.41, 5.74) is 3.37. The number of anilines is 1. The van der Waals surface area contributed by atoms with Gasteiger partial charge in [-0.15, -0.1) is 11.3 Å². The summed E-state index contributed by atoms with van der Waals surface area (Å²) in [5, 5.41) is 12.1. The van der Waals surface area contributed by atoms with Crippen molar-refractivity contribution in [1.82, 2.24) is 9.88 Å². The molecule has 0 saturated heterocycles. The number of hydrogen-bond donors (Lipinski definition) is 2. The zero-order valence-electron chi connectivity index (χ0n) is 21.2. The second-order valence-electron chi connectivity index (χ2n) is 8.90. The highest BCUT2D eigenvalue weighted by molar-refractivity contribution is 7.16. The Bertz CT molecular complexity index is 1160. The third-order valence-corrected chi connectivity index (χ3v) is 7.04. The van der Waals surface area contributed by atoms with E-state index in [1.807, 2.05) is 30.3 Å². The molecule has 194 valence electrons. The number of aldehydes is 1. The van der Waals surface area contributed by atoms with Gasteiger partial charge in [0.15, 0.2) is 5.13 Å². The number of amides is 1. The minimum absolute atomic E-state index is 0.0575. The van der Waals surface area contributed by atoms with E-state index in [0.29, 0.717) is 34.5 Å². The molecule has 0 radical (unpaired) electrons. The van der Waals surface area contributed by atoms with Gasteiger partial charge in [0.2, 0.25) is 0 Å². The number of rotatable bonds is 10. The fraction of sp³-hybridized carbons (Fsp3) is 0.370. The van der Waals surface area contributed by atoms with Crippen LogP contribution in [-0.2, 0) is 17.6 Å². The largest absolute Gasteiger partial charge is 0.400 e. The lowest BCUT2D eigenvalue weighted by Crippen LogP contribution is -2.22. The topological polar surface area (TPSA) is 82.5 Å². The van der Waals surface area contributed by atoms with E-state index in [4.69, 9.17) is 33.3 Å². The summed E-state index contributed by atoms with van der Waals surface area (Å²) in [7, 11) is 4.45. The lowest BCUT2D eigenvalue weighted by atomic mass is 9.99. The summed E-state index contributed by atoms with van der Waals surface area (Å²) >= 11 is 13.9. The standard InChI is InChI=1S/C26H29Cl2N3O2S.CH4O/c1-16(2)10-23-24(19-8-9-21(27)22(28)13-19)30-26(34-23)29-14-18(15-32)11-17-6-5-7-20(12-17)25(33)31(3)4;1-2/h5-9,12-13,15-16,18H,10-11,14H2,1-4H3,(H,29,30);2H,1H3. The summed E-state index contributed by atoms with van der Waals surface area (Å²) in [5.74, 6) is 0.156. The number of aliphatic hydroxyl groups is 1. The maximum Gasteiger partial charge on any atom is 0.253 e. The normalized spacial score (nSPS) is 11.5. The van der Waals surface area contributed by atoms with Crippen LogP contribution in [0.5, 0.6) is 0 Å². The monoisotopic (exact) mass is 549 g/mol. The Hall–Kier alpha value is -2.45. The van der Waals surface area contributed by atoms with Crippen molar-refractivity contribution in [3.05, 3.63) is 68.5 Å². The second kappa shape index (κ2) is 14.3. The SMILES string of the molecule is CC(C)Cc1sc(NCC(C=O)Cc2cccc(C(=O)N(C)C)c2)nc1-c1ccc(Cl)c(Cl)c1.CO. The van der Waals surface area contributed by atoms with Crippen molar-refractivity contribution in [2.75, 3.05) is 33.1 Å². The molecule has 1 atom stereocenters. The first-order chi connectivity index (χ1) is 17.2. The lowest BCUT2D eigenvalue weighted by Gasteiger charge is -2.13. The van der Waals surface area contributed by atoms with Crippen LogP contribution < -0.4 is 5.32 Å². The molecular weight excluding hydrogens is 517 g/mol. The number of nitrogens with zero attached hydrogens (tertiary/aromatic N) is 2. The fourth-order valence-corrected chi connectivity index (χ4v) is 5.09. The third-order valence-electron chi connectivity index (χ3n) is 5.27. The van der Waals surface area contributed by atoms with Crippen LogP contribution in [-0.4, -0.2) is 54.9 Å². The van der Waals surface area contributed by atoms with Gasteiger partial charge in [-0.2, -0.15) is 0 Å². The highest BCUT2D eigenvalue weighted by atomic mass is 35.5. The van der Waals surface area contributed by atoms with E-state index in [9.17, 15) is 9.59 Å². The van der Waals surface area contributed by atoms with Gasteiger partial charge in [-0.3, -0.25) is 4.79 Å². The van der Waals surface area contributed by atoms with Gasteiger partial charge in [0.25, 0.3) is 5.91 Å². The van der Waals surface area contributed by atoms with Crippen LogP contribution in [0.4, 0.5) is 5.13 Å². The fourth-order valence-electron chi connectivity index (χ4n) is 3.58. The molecule has 9 heteroatoms. The number of thiazole rings is 1. The van der Waals surface area contributed by atoms with E-state index in [1.165, 1.54) is 0 Å². The molecule has 0 bridgehead atoms. The molecular formula is C27H33Cl2N3O3S. The van der Waals surface area contributed by atoms with Crippen LogP contribution in [0, 0.1) is 11.8 Å². The molecule has 1 unspecified atom stereocenters. The number of aliphatic hydroxyl groups excluding tert-OH is 1. The molecule has 0 spiro atoms.